The van der Waals surface area contributed by atoms with Gasteiger partial charge in [0.15, 0.2) is 0 Å². The van der Waals surface area contributed by atoms with Gasteiger partial charge < -0.3 is 10.1 Å². The van der Waals surface area contributed by atoms with Crippen molar-refractivity contribution in [1.29, 1.82) is 0 Å². The Labute approximate surface area is 155 Å². The molecule has 2 aliphatic rings. The maximum Gasteiger partial charge on any atom is 0.345 e. The van der Waals surface area contributed by atoms with Gasteiger partial charge in [-0.15, -0.1) is 11.3 Å². The number of aromatic amines is 1. The van der Waals surface area contributed by atoms with Gasteiger partial charge in [0, 0.05) is 36.9 Å². The number of fused-ring (bicyclic) bond motifs is 1. The van der Waals surface area contributed by atoms with Crippen molar-refractivity contribution in [1.82, 2.24) is 14.9 Å². The number of nitrogens with zero attached hydrogens (tertiary/aromatic N) is 2. The summed E-state index contributed by atoms with van der Waals surface area (Å²) < 4.78 is 0. The molecule has 7 heteroatoms. The lowest BCUT2D eigenvalue weighted by Crippen LogP contribution is -2.36. The molecule has 1 saturated carbocycles. The summed E-state index contributed by atoms with van der Waals surface area (Å²) in [7, 11) is 0. The van der Waals surface area contributed by atoms with Crippen molar-refractivity contribution in [2.75, 3.05) is 6.54 Å². The van der Waals surface area contributed by atoms with Crippen LogP contribution < -0.4 is 5.56 Å². The first kappa shape index (κ1) is 17.4. The van der Waals surface area contributed by atoms with Crippen molar-refractivity contribution < 1.29 is 9.90 Å². The smallest absolute Gasteiger partial charge is 0.345 e. The highest BCUT2D eigenvalue weighted by molar-refractivity contribution is 7.13. The number of hydrogen-bond donors (Lipinski definition) is 2. The first-order valence-electron chi connectivity index (χ1n) is 9.26. The summed E-state index contributed by atoms with van der Waals surface area (Å²) in [4.78, 5) is 35.0. The zero-order valence-corrected chi connectivity index (χ0v) is 15.5. The Balaban J connectivity index is 1.49. The van der Waals surface area contributed by atoms with E-state index < -0.39 is 5.97 Å². The van der Waals surface area contributed by atoms with Gasteiger partial charge in [0.1, 0.15) is 10.7 Å². The highest BCUT2D eigenvalue weighted by atomic mass is 32.1. The number of nitrogens with one attached hydrogen (secondary N) is 1. The standard InChI is InChI=1S/C19H23N3O3S/c23-18-14-11-22(10-13-6-7-16(26-13)19(24)25)9-8-15(14)20-17(21-18)12-4-2-1-3-5-12/h6-7,12H,1-5,8-11H2,(H,24,25)(H,20,21,23). The second-order valence-electron chi connectivity index (χ2n) is 7.24. The Kier molecular flexibility index (Phi) is 4.91. The van der Waals surface area contributed by atoms with Crippen LogP contribution in [0.15, 0.2) is 16.9 Å². The molecule has 1 aliphatic heterocycles. The van der Waals surface area contributed by atoms with Crippen LogP contribution in [0.2, 0.25) is 0 Å². The van der Waals surface area contributed by atoms with Crippen molar-refractivity contribution >= 4 is 17.3 Å². The molecule has 0 bridgehead atoms. The minimum atomic E-state index is -0.888. The summed E-state index contributed by atoms with van der Waals surface area (Å²) in [5, 5.41) is 9.05. The van der Waals surface area contributed by atoms with Gasteiger partial charge in [-0.05, 0) is 25.0 Å². The average Bonchev–Trinajstić information content (AvgIpc) is 3.12. The molecule has 0 atom stereocenters. The zero-order chi connectivity index (χ0) is 18.1. The summed E-state index contributed by atoms with van der Waals surface area (Å²) in [5.74, 6) is 0.396. The summed E-state index contributed by atoms with van der Waals surface area (Å²) >= 11 is 1.30. The van der Waals surface area contributed by atoms with Crippen molar-refractivity contribution in [3.63, 3.8) is 0 Å². The average molecular weight is 373 g/mol. The fourth-order valence-electron chi connectivity index (χ4n) is 4.00. The molecule has 0 unspecified atom stereocenters. The molecule has 2 aromatic rings. The molecule has 0 radical (unpaired) electrons. The van der Waals surface area contributed by atoms with E-state index in [0.29, 0.717) is 23.9 Å². The quantitative estimate of drug-likeness (QED) is 0.860. The lowest BCUT2D eigenvalue weighted by Gasteiger charge is -2.28. The number of H-pyrrole nitrogens is 1. The summed E-state index contributed by atoms with van der Waals surface area (Å²) in [6, 6.07) is 3.50. The van der Waals surface area contributed by atoms with Gasteiger partial charge in [-0.25, -0.2) is 9.78 Å². The number of aromatic nitrogens is 2. The molecule has 138 valence electrons. The molecule has 0 amide bonds. The second-order valence-corrected chi connectivity index (χ2v) is 8.41. The summed E-state index contributed by atoms with van der Waals surface area (Å²) in [5.41, 5.74) is 1.71. The van der Waals surface area contributed by atoms with Crippen LogP contribution in [0.5, 0.6) is 0 Å². The summed E-state index contributed by atoms with van der Waals surface area (Å²) in [6.07, 6.45) is 6.75. The summed E-state index contributed by atoms with van der Waals surface area (Å²) in [6.45, 7) is 2.08. The van der Waals surface area contributed by atoms with Gasteiger partial charge in [-0.1, -0.05) is 19.3 Å². The SMILES string of the molecule is O=C(O)c1ccc(CN2CCc3nc(C4CCCCC4)[nH]c(=O)c3C2)s1. The number of aromatic carboxylic acids is 1. The Bertz CT molecular complexity index is 867. The maximum absolute atomic E-state index is 12.6. The van der Waals surface area contributed by atoms with Gasteiger partial charge in [0.25, 0.3) is 5.56 Å². The molecule has 2 N–H and O–H groups in total. The molecule has 0 spiro atoms. The third-order valence-electron chi connectivity index (χ3n) is 5.41. The van der Waals surface area contributed by atoms with Crippen LogP contribution in [-0.4, -0.2) is 32.5 Å². The lowest BCUT2D eigenvalue weighted by atomic mass is 9.88. The Morgan fingerprint density at radius 2 is 2.12 bits per heavy atom. The first-order valence-corrected chi connectivity index (χ1v) is 10.1. The van der Waals surface area contributed by atoms with Gasteiger partial charge in [0.05, 0.1) is 11.3 Å². The van der Waals surface area contributed by atoms with Crippen LogP contribution in [0.25, 0.3) is 0 Å². The molecule has 0 saturated heterocycles. The predicted molar refractivity (Wildman–Crippen MR) is 99.8 cm³/mol. The Hall–Kier alpha value is -1.99. The van der Waals surface area contributed by atoms with E-state index in [1.54, 1.807) is 6.07 Å². The van der Waals surface area contributed by atoms with E-state index in [-0.39, 0.29) is 5.56 Å². The molecule has 0 aromatic carbocycles. The minimum Gasteiger partial charge on any atom is -0.477 e. The van der Waals surface area contributed by atoms with E-state index in [4.69, 9.17) is 10.1 Å². The van der Waals surface area contributed by atoms with Crippen molar-refractivity contribution in [3.05, 3.63) is 49.3 Å². The van der Waals surface area contributed by atoms with Gasteiger partial charge in [0.2, 0.25) is 0 Å². The number of thiophene rings is 1. The fraction of sp³-hybridized carbons (Fsp3) is 0.526. The monoisotopic (exact) mass is 373 g/mol. The van der Waals surface area contributed by atoms with E-state index in [9.17, 15) is 9.59 Å². The van der Waals surface area contributed by atoms with Crippen molar-refractivity contribution in [2.45, 2.75) is 57.5 Å². The third kappa shape index (κ3) is 3.59. The van der Waals surface area contributed by atoms with Crippen LogP contribution in [0.3, 0.4) is 0 Å². The molecule has 6 nitrogen and oxygen atoms in total. The number of carboxylic acids is 1. The molecule has 26 heavy (non-hydrogen) atoms. The molecule has 3 heterocycles. The van der Waals surface area contributed by atoms with E-state index >= 15 is 0 Å². The highest BCUT2D eigenvalue weighted by Crippen LogP contribution is 2.31. The minimum absolute atomic E-state index is 0.00215. The van der Waals surface area contributed by atoms with Crippen LogP contribution in [0, 0.1) is 0 Å². The van der Waals surface area contributed by atoms with E-state index in [2.05, 4.69) is 9.88 Å². The maximum atomic E-state index is 12.6. The zero-order valence-electron chi connectivity index (χ0n) is 14.7. The Morgan fingerprint density at radius 1 is 1.31 bits per heavy atom. The predicted octanol–water partition coefficient (Wildman–Crippen LogP) is 3.14. The number of carboxylic acid groups (broad SMARTS) is 1. The van der Waals surface area contributed by atoms with Crippen LogP contribution in [-0.2, 0) is 19.5 Å². The number of carbonyl (C=O) groups is 1. The molecular weight excluding hydrogens is 350 g/mol. The normalized spacial score (nSPS) is 18.6. The van der Waals surface area contributed by atoms with Crippen molar-refractivity contribution in [3.8, 4) is 0 Å². The molecule has 4 rings (SSSR count). The molecule has 1 fully saturated rings. The molecule has 2 aromatic heterocycles. The largest absolute Gasteiger partial charge is 0.477 e. The lowest BCUT2D eigenvalue weighted by molar-refractivity contribution is 0.0702. The van der Waals surface area contributed by atoms with Crippen LogP contribution >= 0.6 is 11.3 Å². The Morgan fingerprint density at radius 3 is 2.85 bits per heavy atom. The van der Waals surface area contributed by atoms with Crippen molar-refractivity contribution in [2.24, 2.45) is 0 Å². The topological polar surface area (TPSA) is 86.3 Å². The second kappa shape index (κ2) is 7.32. The highest BCUT2D eigenvalue weighted by Gasteiger charge is 2.24. The van der Waals surface area contributed by atoms with Gasteiger partial charge >= 0.3 is 5.97 Å². The fourth-order valence-corrected chi connectivity index (χ4v) is 4.89. The first-order chi connectivity index (χ1) is 12.6. The van der Waals surface area contributed by atoms with E-state index in [1.807, 2.05) is 6.07 Å². The van der Waals surface area contributed by atoms with Gasteiger partial charge in [-0.2, -0.15) is 0 Å². The van der Waals surface area contributed by atoms with Crippen LogP contribution in [0.1, 0.15) is 69.7 Å². The van der Waals surface area contributed by atoms with E-state index in [1.165, 1.54) is 30.6 Å². The number of rotatable bonds is 4. The number of hydrogen-bond acceptors (Lipinski definition) is 5. The third-order valence-corrected chi connectivity index (χ3v) is 6.47. The van der Waals surface area contributed by atoms with E-state index in [0.717, 1.165) is 47.8 Å². The van der Waals surface area contributed by atoms with Gasteiger partial charge in [-0.3, -0.25) is 9.69 Å². The van der Waals surface area contributed by atoms with Crippen LogP contribution in [0.4, 0.5) is 0 Å². The molecular formula is C19H23N3O3S. The molecule has 1 aliphatic carbocycles.